The summed E-state index contributed by atoms with van der Waals surface area (Å²) in [5.41, 5.74) is 21.4. The molecule has 0 aromatic heterocycles. The van der Waals surface area contributed by atoms with Gasteiger partial charge in [0.15, 0.2) is 0 Å². The lowest BCUT2D eigenvalue weighted by Crippen LogP contribution is -2.14. The molecule has 4 aliphatic rings. The van der Waals surface area contributed by atoms with Crippen LogP contribution < -0.4 is 0 Å². The molecule has 0 heteroatoms. The van der Waals surface area contributed by atoms with Crippen molar-refractivity contribution in [2.45, 2.75) is 5.92 Å². The van der Waals surface area contributed by atoms with E-state index in [0.29, 0.717) is 11.8 Å². The van der Waals surface area contributed by atoms with Gasteiger partial charge in [-0.1, -0.05) is 164 Å². The van der Waals surface area contributed by atoms with E-state index in [4.69, 9.17) is 0 Å². The maximum atomic E-state index is 2.52. The maximum absolute atomic E-state index is 2.52. The molecule has 2 atom stereocenters. The second kappa shape index (κ2) is 10.5. The Bertz CT molecular complexity index is 2880. The van der Waals surface area contributed by atoms with Crippen LogP contribution in [0, 0.1) is 5.92 Å². The van der Waals surface area contributed by atoms with Crippen molar-refractivity contribution in [2.75, 3.05) is 0 Å². The normalized spacial score (nSPS) is 17.0. The first kappa shape index (κ1) is 28.2. The molecule has 2 unspecified atom stereocenters. The van der Waals surface area contributed by atoms with E-state index in [1.165, 1.54) is 111 Å². The van der Waals surface area contributed by atoms with Gasteiger partial charge in [-0.15, -0.1) is 0 Å². The number of fused-ring (bicyclic) bond motifs is 10. The largest absolute Gasteiger partial charge is 0.0760 e. The molecule has 0 nitrogen and oxygen atoms in total. The highest BCUT2D eigenvalue weighted by Gasteiger charge is 2.41. The summed E-state index contributed by atoms with van der Waals surface area (Å²) < 4.78 is 0. The Hall–Kier alpha value is -6.50. The Morgan fingerprint density at radius 1 is 0.404 bits per heavy atom. The Morgan fingerprint density at radius 3 is 1.85 bits per heavy atom. The molecule has 0 fully saturated rings. The fourth-order valence-corrected chi connectivity index (χ4v) is 10.0. The predicted molar refractivity (Wildman–Crippen MR) is 220 cm³/mol. The number of hydrogen-bond acceptors (Lipinski definition) is 0. The molecule has 8 aromatic carbocycles. The fourth-order valence-electron chi connectivity index (χ4n) is 10.0. The molecule has 0 heterocycles. The van der Waals surface area contributed by atoms with Crippen molar-refractivity contribution >= 4 is 38.8 Å². The molecule has 0 saturated heterocycles. The highest BCUT2D eigenvalue weighted by Crippen LogP contribution is 2.59. The minimum Gasteiger partial charge on any atom is -0.0760 e. The minimum absolute atomic E-state index is 0.401. The summed E-state index contributed by atoms with van der Waals surface area (Å²) in [7, 11) is 0. The van der Waals surface area contributed by atoms with Crippen LogP contribution >= 0.6 is 0 Å². The van der Waals surface area contributed by atoms with E-state index in [2.05, 4.69) is 182 Å². The van der Waals surface area contributed by atoms with Gasteiger partial charge in [0.25, 0.3) is 0 Å². The molecule has 52 heavy (non-hydrogen) atoms. The Morgan fingerprint density at radius 2 is 1.04 bits per heavy atom. The van der Waals surface area contributed by atoms with Crippen LogP contribution in [0.1, 0.15) is 28.2 Å². The molecule has 12 rings (SSSR count). The zero-order valence-electron chi connectivity index (χ0n) is 28.5. The monoisotopic (exact) mass is 656 g/mol. The van der Waals surface area contributed by atoms with Crippen molar-refractivity contribution in [1.82, 2.24) is 0 Å². The van der Waals surface area contributed by atoms with Crippen LogP contribution in [-0.4, -0.2) is 0 Å². The molecule has 240 valence electrons. The second-order valence-corrected chi connectivity index (χ2v) is 14.7. The second-order valence-electron chi connectivity index (χ2n) is 14.7. The Labute approximate surface area is 303 Å². The Balaban J connectivity index is 1.10. The van der Waals surface area contributed by atoms with E-state index in [0.717, 1.165) is 0 Å². The summed E-state index contributed by atoms with van der Waals surface area (Å²) in [4.78, 5) is 0. The molecule has 0 radical (unpaired) electrons. The first-order valence-corrected chi connectivity index (χ1v) is 18.4. The van der Waals surface area contributed by atoms with Crippen LogP contribution in [-0.2, 0) is 0 Å². The molecule has 0 N–H and O–H groups in total. The number of rotatable bonds is 3. The van der Waals surface area contributed by atoms with E-state index in [-0.39, 0.29) is 0 Å². The smallest absolute Gasteiger partial charge is 0.0205 e. The van der Waals surface area contributed by atoms with Crippen LogP contribution in [0.3, 0.4) is 0 Å². The molecule has 0 spiro atoms. The van der Waals surface area contributed by atoms with E-state index < -0.39 is 0 Å². The Kier molecular flexibility index (Phi) is 5.71. The lowest BCUT2D eigenvalue weighted by Gasteiger charge is -2.30. The first-order chi connectivity index (χ1) is 25.8. The van der Waals surface area contributed by atoms with Crippen molar-refractivity contribution in [2.24, 2.45) is 5.92 Å². The molecule has 0 bridgehead atoms. The number of benzene rings is 8. The highest BCUT2D eigenvalue weighted by atomic mass is 14.4. The molecule has 0 saturated carbocycles. The third-order valence-corrected chi connectivity index (χ3v) is 12.2. The number of hydrogen-bond donors (Lipinski definition) is 0. The minimum atomic E-state index is 0.401. The molecular formula is C52H32. The topological polar surface area (TPSA) is 0 Å². The van der Waals surface area contributed by atoms with E-state index in [1.54, 1.807) is 0 Å². The van der Waals surface area contributed by atoms with Gasteiger partial charge in [-0.05, 0) is 129 Å². The molecule has 0 aliphatic heterocycles. The molecule has 4 aliphatic carbocycles. The van der Waals surface area contributed by atoms with Crippen molar-refractivity contribution in [3.05, 3.63) is 198 Å². The summed E-state index contributed by atoms with van der Waals surface area (Å²) in [6, 6.07) is 58.9. The quantitative estimate of drug-likeness (QED) is 0.178. The number of allylic oxidation sites excluding steroid dienone is 5. The first-order valence-electron chi connectivity index (χ1n) is 18.4. The van der Waals surface area contributed by atoms with Crippen LogP contribution in [0.15, 0.2) is 176 Å². The van der Waals surface area contributed by atoms with E-state index in [9.17, 15) is 0 Å². The summed E-state index contributed by atoms with van der Waals surface area (Å²) in [5.74, 6) is 0.819. The lowest BCUT2D eigenvalue weighted by atomic mass is 9.72. The fraction of sp³-hybridized carbons (Fsp3) is 0.0385. The van der Waals surface area contributed by atoms with Crippen molar-refractivity contribution < 1.29 is 0 Å². The summed E-state index contributed by atoms with van der Waals surface area (Å²) in [5, 5.41) is 5.29. The van der Waals surface area contributed by atoms with Gasteiger partial charge in [-0.25, -0.2) is 0 Å². The van der Waals surface area contributed by atoms with Crippen LogP contribution in [0.4, 0.5) is 0 Å². The molecule has 0 amide bonds. The predicted octanol–water partition coefficient (Wildman–Crippen LogP) is 13.9. The van der Waals surface area contributed by atoms with Gasteiger partial charge in [0, 0.05) is 11.8 Å². The van der Waals surface area contributed by atoms with Gasteiger partial charge < -0.3 is 0 Å². The van der Waals surface area contributed by atoms with Crippen molar-refractivity contribution in [3.63, 3.8) is 0 Å². The average molecular weight is 657 g/mol. The summed E-state index contributed by atoms with van der Waals surface area (Å²) in [6.45, 7) is 0. The average Bonchev–Trinajstić information content (AvgIpc) is 3.71. The highest BCUT2D eigenvalue weighted by molar-refractivity contribution is 6.22. The van der Waals surface area contributed by atoms with Crippen molar-refractivity contribution in [1.29, 1.82) is 0 Å². The van der Waals surface area contributed by atoms with Gasteiger partial charge in [0.1, 0.15) is 0 Å². The van der Waals surface area contributed by atoms with Gasteiger partial charge in [-0.2, -0.15) is 0 Å². The van der Waals surface area contributed by atoms with Crippen LogP contribution in [0.5, 0.6) is 0 Å². The SMILES string of the molecule is C1=CC2c3ccccc3C3=Cc4c(ccc5cc6c(cc45)-c4cccc5c(-c7c(-c8ccccc8)cccc7-c7ccccc7)ccc-6c45)C(=C1)C32. The summed E-state index contributed by atoms with van der Waals surface area (Å²) in [6.07, 6.45) is 9.58. The van der Waals surface area contributed by atoms with Gasteiger partial charge in [0.2, 0.25) is 0 Å². The maximum Gasteiger partial charge on any atom is 0.0205 e. The zero-order valence-corrected chi connectivity index (χ0v) is 28.5. The molecule has 8 aromatic rings. The van der Waals surface area contributed by atoms with Crippen molar-refractivity contribution in [3.8, 4) is 55.6 Å². The third-order valence-electron chi connectivity index (χ3n) is 12.2. The van der Waals surface area contributed by atoms with E-state index >= 15 is 0 Å². The third kappa shape index (κ3) is 3.76. The lowest BCUT2D eigenvalue weighted by molar-refractivity contribution is 0.769. The van der Waals surface area contributed by atoms with Crippen LogP contribution in [0.25, 0.3) is 94.4 Å². The molecular weight excluding hydrogens is 625 g/mol. The van der Waals surface area contributed by atoms with Gasteiger partial charge in [0.05, 0.1) is 0 Å². The van der Waals surface area contributed by atoms with Gasteiger partial charge >= 0.3 is 0 Å². The standard InChI is InChI=1S/C52H32/c1-3-12-31(13-4-1)34-18-9-19-35(32-14-5-2-6-15-32)50(34)43-26-27-44-46-28-33-24-25-38-40-21-10-20-39-36-16-7-8-17-37(36)49(52(39)40)30-47(38)45(33)29-48(46)42-23-11-22-41(43)51(42)44/h1-30,39,52H. The zero-order chi connectivity index (χ0) is 33.9. The van der Waals surface area contributed by atoms with Gasteiger partial charge in [-0.3, -0.25) is 0 Å². The van der Waals surface area contributed by atoms with E-state index in [1.807, 2.05) is 0 Å². The summed E-state index contributed by atoms with van der Waals surface area (Å²) >= 11 is 0. The van der Waals surface area contributed by atoms with Crippen LogP contribution in [0.2, 0.25) is 0 Å².